The highest BCUT2D eigenvalue weighted by atomic mass is 79.9. The second kappa shape index (κ2) is 6.12. The van der Waals surface area contributed by atoms with Crippen LogP contribution in [0.15, 0.2) is 16.6 Å². The van der Waals surface area contributed by atoms with E-state index in [4.69, 9.17) is 14.2 Å². The van der Waals surface area contributed by atoms with Crippen molar-refractivity contribution in [2.45, 2.75) is 31.6 Å². The molecule has 0 amide bonds. The van der Waals surface area contributed by atoms with Gasteiger partial charge in [0.15, 0.2) is 11.5 Å². The van der Waals surface area contributed by atoms with E-state index in [0.717, 1.165) is 21.5 Å². The summed E-state index contributed by atoms with van der Waals surface area (Å²) in [5, 5.41) is 13.7. The summed E-state index contributed by atoms with van der Waals surface area (Å²) in [6, 6.07) is 3.99. The fraction of sp³-hybridized carbons (Fsp3) is 0.600. The van der Waals surface area contributed by atoms with Crippen molar-refractivity contribution in [2.75, 3.05) is 26.4 Å². The molecule has 2 aliphatic heterocycles. The second-order valence-electron chi connectivity index (χ2n) is 5.57. The van der Waals surface area contributed by atoms with Gasteiger partial charge in [-0.15, -0.1) is 0 Å². The van der Waals surface area contributed by atoms with E-state index < -0.39 is 5.60 Å². The molecule has 5 nitrogen and oxygen atoms in total. The maximum Gasteiger partial charge on any atom is 0.175 e. The monoisotopic (exact) mass is 357 g/mol. The lowest BCUT2D eigenvalue weighted by atomic mass is 9.96. The maximum atomic E-state index is 10.4. The van der Waals surface area contributed by atoms with Gasteiger partial charge < -0.3 is 24.6 Å². The zero-order chi connectivity index (χ0) is 14.9. The van der Waals surface area contributed by atoms with E-state index in [1.165, 1.54) is 0 Å². The highest BCUT2D eigenvalue weighted by molar-refractivity contribution is 9.10. The number of hydrogen-bond acceptors (Lipinski definition) is 5. The second-order valence-corrected chi connectivity index (χ2v) is 6.43. The van der Waals surface area contributed by atoms with E-state index in [0.29, 0.717) is 39.3 Å². The molecule has 6 heteroatoms. The van der Waals surface area contributed by atoms with Crippen LogP contribution in [0.25, 0.3) is 0 Å². The lowest BCUT2D eigenvalue weighted by Crippen LogP contribution is -2.45. The minimum Gasteiger partial charge on any atom is -0.486 e. The van der Waals surface area contributed by atoms with Gasteiger partial charge in [0.1, 0.15) is 18.8 Å². The average molecular weight is 358 g/mol. The first-order valence-electron chi connectivity index (χ1n) is 7.21. The van der Waals surface area contributed by atoms with Gasteiger partial charge in [-0.2, -0.15) is 0 Å². The third-order valence-electron chi connectivity index (χ3n) is 4.08. The first-order chi connectivity index (χ1) is 10.1. The zero-order valence-electron chi connectivity index (χ0n) is 12.0. The number of hydrogen-bond donors (Lipinski definition) is 2. The van der Waals surface area contributed by atoms with E-state index in [2.05, 4.69) is 21.2 Å². The zero-order valence-corrected chi connectivity index (χ0v) is 13.6. The molecule has 3 rings (SSSR count). The van der Waals surface area contributed by atoms with Gasteiger partial charge in [-0.25, -0.2) is 0 Å². The van der Waals surface area contributed by atoms with Gasteiger partial charge in [0.25, 0.3) is 0 Å². The average Bonchev–Trinajstić information content (AvgIpc) is 2.79. The summed E-state index contributed by atoms with van der Waals surface area (Å²) in [7, 11) is 0. The van der Waals surface area contributed by atoms with Crippen LogP contribution in [0.4, 0.5) is 0 Å². The Morgan fingerprint density at radius 1 is 1.33 bits per heavy atom. The van der Waals surface area contributed by atoms with E-state index >= 15 is 0 Å². The van der Waals surface area contributed by atoms with Crippen molar-refractivity contribution < 1.29 is 19.3 Å². The van der Waals surface area contributed by atoms with Crippen molar-refractivity contribution in [1.82, 2.24) is 5.32 Å². The van der Waals surface area contributed by atoms with Crippen molar-refractivity contribution in [2.24, 2.45) is 0 Å². The molecule has 1 aromatic rings. The number of fused-ring (bicyclic) bond motifs is 1. The van der Waals surface area contributed by atoms with Crippen LogP contribution in [0.5, 0.6) is 11.5 Å². The van der Waals surface area contributed by atoms with E-state index in [1.807, 2.05) is 19.1 Å². The van der Waals surface area contributed by atoms with Crippen molar-refractivity contribution in [1.29, 1.82) is 0 Å². The molecule has 0 bridgehead atoms. The predicted octanol–water partition coefficient (Wildman–Crippen LogP) is 1.85. The number of halogens is 1. The van der Waals surface area contributed by atoms with E-state index in [-0.39, 0.29) is 6.10 Å². The number of aliphatic hydroxyl groups is 1. The molecule has 2 aliphatic rings. The van der Waals surface area contributed by atoms with Crippen LogP contribution in [-0.2, 0) is 11.3 Å². The molecule has 0 radical (unpaired) electrons. The molecule has 0 saturated carbocycles. The Labute approximate surface area is 132 Å². The van der Waals surface area contributed by atoms with Crippen LogP contribution < -0.4 is 14.8 Å². The minimum absolute atomic E-state index is 0.128. The topological polar surface area (TPSA) is 60.0 Å². The number of benzene rings is 1. The van der Waals surface area contributed by atoms with Gasteiger partial charge in [0, 0.05) is 26.1 Å². The number of nitrogens with one attached hydrogen (secondary N) is 1. The van der Waals surface area contributed by atoms with Crippen molar-refractivity contribution in [3.05, 3.63) is 22.2 Å². The molecule has 2 N–H and O–H groups in total. The smallest absolute Gasteiger partial charge is 0.175 e. The lowest BCUT2D eigenvalue weighted by molar-refractivity contribution is -0.0263. The normalized spacial score (nSPS) is 27.9. The molecule has 0 aromatic heterocycles. The largest absolute Gasteiger partial charge is 0.486 e. The Hall–Kier alpha value is -0.820. The fourth-order valence-corrected chi connectivity index (χ4v) is 3.30. The van der Waals surface area contributed by atoms with E-state index in [9.17, 15) is 5.11 Å². The molecular weight excluding hydrogens is 338 g/mol. The molecule has 21 heavy (non-hydrogen) atoms. The van der Waals surface area contributed by atoms with Gasteiger partial charge in [0.2, 0.25) is 0 Å². The van der Waals surface area contributed by atoms with E-state index in [1.54, 1.807) is 0 Å². The van der Waals surface area contributed by atoms with Crippen LogP contribution >= 0.6 is 15.9 Å². The van der Waals surface area contributed by atoms with Crippen molar-refractivity contribution in [3.63, 3.8) is 0 Å². The molecular formula is C15H20BrNO4. The summed E-state index contributed by atoms with van der Waals surface area (Å²) >= 11 is 3.51. The van der Waals surface area contributed by atoms with Crippen LogP contribution in [0.1, 0.15) is 18.9 Å². The van der Waals surface area contributed by atoms with Crippen LogP contribution in [0.2, 0.25) is 0 Å². The molecule has 0 spiro atoms. The number of rotatable bonds is 4. The fourth-order valence-electron chi connectivity index (χ4n) is 2.69. The molecule has 116 valence electrons. The minimum atomic E-state index is -0.773. The molecule has 0 aliphatic carbocycles. The van der Waals surface area contributed by atoms with Gasteiger partial charge >= 0.3 is 0 Å². The maximum absolute atomic E-state index is 10.4. The Morgan fingerprint density at radius 3 is 2.90 bits per heavy atom. The summed E-state index contributed by atoms with van der Waals surface area (Å²) in [6.07, 6.45) is 0.545. The first-order valence-corrected chi connectivity index (χ1v) is 8.00. The Balaban J connectivity index is 1.62. The molecule has 2 unspecified atom stereocenters. The third kappa shape index (κ3) is 3.18. The molecule has 2 atom stereocenters. The van der Waals surface area contributed by atoms with Gasteiger partial charge in [0.05, 0.1) is 10.6 Å². The highest BCUT2D eigenvalue weighted by Gasteiger charge is 2.38. The molecule has 1 aromatic carbocycles. The van der Waals surface area contributed by atoms with Crippen molar-refractivity contribution in [3.8, 4) is 11.5 Å². The standard InChI is InChI=1S/C15H20BrNO4/c1-10-15(18,2-3-19-10)9-17-8-11-6-12(16)14-13(7-11)20-4-5-21-14/h6-7,10,17-18H,2-5,8-9H2,1H3. The first kappa shape index (κ1) is 15.1. The molecule has 1 fully saturated rings. The Morgan fingerprint density at radius 2 is 2.14 bits per heavy atom. The van der Waals surface area contributed by atoms with Gasteiger partial charge in [-0.1, -0.05) is 0 Å². The summed E-state index contributed by atoms with van der Waals surface area (Å²) in [6.45, 7) is 4.85. The Kier molecular flexibility index (Phi) is 4.40. The third-order valence-corrected chi connectivity index (χ3v) is 4.67. The van der Waals surface area contributed by atoms with Crippen LogP contribution in [-0.4, -0.2) is 43.2 Å². The summed E-state index contributed by atoms with van der Waals surface area (Å²) in [5.74, 6) is 1.53. The van der Waals surface area contributed by atoms with Crippen LogP contribution in [0, 0.1) is 0 Å². The quantitative estimate of drug-likeness (QED) is 0.860. The van der Waals surface area contributed by atoms with Gasteiger partial charge in [-0.05, 0) is 40.5 Å². The summed E-state index contributed by atoms with van der Waals surface area (Å²) in [4.78, 5) is 0. The summed E-state index contributed by atoms with van der Waals surface area (Å²) in [5.41, 5.74) is 0.312. The Bertz CT molecular complexity index is 525. The molecule has 2 heterocycles. The van der Waals surface area contributed by atoms with Crippen LogP contribution in [0.3, 0.4) is 0 Å². The lowest BCUT2D eigenvalue weighted by Gasteiger charge is -2.26. The van der Waals surface area contributed by atoms with Gasteiger partial charge in [-0.3, -0.25) is 0 Å². The number of ether oxygens (including phenoxy) is 3. The summed E-state index contributed by atoms with van der Waals surface area (Å²) < 4.78 is 17.5. The molecule has 1 saturated heterocycles. The van der Waals surface area contributed by atoms with Crippen molar-refractivity contribution >= 4 is 15.9 Å². The highest BCUT2D eigenvalue weighted by Crippen LogP contribution is 2.38. The predicted molar refractivity (Wildman–Crippen MR) is 81.8 cm³/mol. The SMILES string of the molecule is CC1OCCC1(O)CNCc1cc(Br)c2c(c1)OCCO2.